The van der Waals surface area contributed by atoms with E-state index in [0.29, 0.717) is 10.6 Å². The Morgan fingerprint density at radius 1 is 1.06 bits per heavy atom. The number of carbonyl (C=O) groups is 1. The normalized spacial score (nSPS) is 10.0. The number of rotatable bonds is 2. The third kappa shape index (κ3) is 3.08. The van der Waals surface area contributed by atoms with Gasteiger partial charge >= 0.3 is 0 Å². The molecule has 0 aromatic heterocycles. The number of benzene rings is 2. The van der Waals surface area contributed by atoms with Crippen molar-refractivity contribution in [1.29, 1.82) is 0 Å². The van der Waals surface area contributed by atoms with Crippen LogP contribution in [-0.4, -0.2) is 5.91 Å². The maximum Gasteiger partial charge on any atom is 0.257 e. The number of nitrogens with one attached hydrogen (secondary N) is 1. The molecule has 0 aliphatic carbocycles. The molecule has 2 nitrogen and oxygen atoms in total. The SMILES string of the molecule is O=C(Nc1ccc(Br)cc1)c1ccccc1Cl. The van der Waals surface area contributed by atoms with Crippen molar-refractivity contribution in [2.75, 3.05) is 5.32 Å². The molecule has 1 amide bonds. The maximum atomic E-state index is 11.9. The summed E-state index contributed by atoms with van der Waals surface area (Å²) in [6, 6.07) is 14.3. The van der Waals surface area contributed by atoms with Crippen LogP contribution in [0, 0.1) is 0 Å². The molecular formula is C13H9BrClNO. The molecule has 17 heavy (non-hydrogen) atoms. The van der Waals surface area contributed by atoms with Gasteiger partial charge in [-0.15, -0.1) is 0 Å². The molecule has 0 saturated heterocycles. The molecule has 2 aromatic carbocycles. The van der Waals surface area contributed by atoms with Gasteiger partial charge in [0.05, 0.1) is 10.6 Å². The van der Waals surface area contributed by atoms with Gasteiger partial charge in [-0.25, -0.2) is 0 Å². The van der Waals surface area contributed by atoms with Gasteiger partial charge in [0.25, 0.3) is 5.91 Å². The van der Waals surface area contributed by atoms with Crippen molar-refractivity contribution < 1.29 is 4.79 Å². The lowest BCUT2D eigenvalue weighted by Gasteiger charge is -2.06. The van der Waals surface area contributed by atoms with Crippen LogP contribution >= 0.6 is 27.5 Å². The number of anilines is 1. The molecule has 2 aromatic rings. The highest BCUT2D eigenvalue weighted by atomic mass is 79.9. The number of hydrogen-bond donors (Lipinski definition) is 1. The van der Waals surface area contributed by atoms with Crippen molar-refractivity contribution in [2.24, 2.45) is 0 Å². The molecule has 0 aliphatic heterocycles. The molecule has 0 aliphatic rings. The zero-order valence-corrected chi connectivity index (χ0v) is 11.1. The predicted molar refractivity (Wildman–Crippen MR) is 73.5 cm³/mol. The molecule has 0 heterocycles. The first-order valence-corrected chi connectivity index (χ1v) is 6.15. The molecule has 0 radical (unpaired) electrons. The molecule has 4 heteroatoms. The van der Waals surface area contributed by atoms with Crippen LogP contribution in [0.15, 0.2) is 53.0 Å². The maximum absolute atomic E-state index is 11.9. The van der Waals surface area contributed by atoms with Gasteiger partial charge in [0.15, 0.2) is 0 Å². The topological polar surface area (TPSA) is 29.1 Å². The fourth-order valence-electron chi connectivity index (χ4n) is 1.38. The van der Waals surface area contributed by atoms with Crippen LogP contribution in [0.1, 0.15) is 10.4 Å². The van der Waals surface area contributed by atoms with Crippen LogP contribution in [0.4, 0.5) is 5.69 Å². The smallest absolute Gasteiger partial charge is 0.257 e. The molecule has 86 valence electrons. The Balaban J connectivity index is 2.17. The first kappa shape index (κ1) is 12.1. The van der Waals surface area contributed by atoms with Crippen molar-refractivity contribution in [3.05, 3.63) is 63.6 Å². The van der Waals surface area contributed by atoms with Crippen LogP contribution in [0.2, 0.25) is 5.02 Å². The number of hydrogen-bond acceptors (Lipinski definition) is 1. The predicted octanol–water partition coefficient (Wildman–Crippen LogP) is 4.35. The summed E-state index contributed by atoms with van der Waals surface area (Å²) in [7, 11) is 0. The molecule has 0 bridgehead atoms. The average Bonchev–Trinajstić information content (AvgIpc) is 2.32. The molecule has 2 rings (SSSR count). The molecule has 0 saturated carbocycles. The van der Waals surface area contributed by atoms with E-state index in [1.165, 1.54) is 0 Å². The Morgan fingerprint density at radius 3 is 2.35 bits per heavy atom. The summed E-state index contributed by atoms with van der Waals surface area (Å²) >= 11 is 9.28. The minimum absolute atomic E-state index is 0.210. The molecule has 0 spiro atoms. The van der Waals surface area contributed by atoms with Gasteiger partial charge in [-0.3, -0.25) is 4.79 Å². The summed E-state index contributed by atoms with van der Waals surface area (Å²) in [6.45, 7) is 0. The number of amides is 1. The minimum atomic E-state index is -0.210. The zero-order valence-electron chi connectivity index (χ0n) is 8.78. The second kappa shape index (κ2) is 5.34. The lowest BCUT2D eigenvalue weighted by Crippen LogP contribution is -2.12. The summed E-state index contributed by atoms with van der Waals surface area (Å²) in [5, 5.41) is 3.23. The van der Waals surface area contributed by atoms with Crippen molar-refractivity contribution in [3.8, 4) is 0 Å². The van der Waals surface area contributed by atoms with E-state index in [1.807, 2.05) is 24.3 Å². The Kier molecular flexibility index (Phi) is 3.82. The van der Waals surface area contributed by atoms with E-state index in [4.69, 9.17) is 11.6 Å². The number of halogens is 2. The number of carbonyl (C=O) groups excluding carboxylic acids is 1. The van der Waals surface area contributed by atoms with Crippen molar-refractivity contribution in [2.45, 2.75) is 0 Å². The lowest BCUT2D eigenvalue weighted by atomic mass is 10.2. The second-order valence-corrected chi connectivity index (χ2v) is 4.76. The van der Waals surface area contributed by atoms with Gasteiger partial charge < -0.3 is 5.32 Å². The quantitative estimate of drug-likeness (QED) is 0.877. The van der Waals surface area contributed by atoms with E-state index in [0.717, 1.165) is 10.2 Å². The van der Waals surface area contributed by atoms with Crippen LogP contribution < -0.4 is 5.32 Å². The third-order valence-corrected chi connectivity index (χ3v) is 3.08. The van der Waals surface area contributed by atoms with Gasteiger partial charge in [0.2, 0.25) is 0 Å². The van der Waals surface area contributed by atoms with E-state index >= 15 is 0 Å². The molecule has 1 N–H and O–H groups in total. The standard InChI is InChI=1S/C13H9BrClNO/c14-9-5-7-10(8-6-9)16-13(17)11-3-1-2-4-12(11)15/h1-8H,(H,16,17). The second-order valence-electron chi connectivity index (χ2n) is 3.44. The van der Waals surface area contributed by atoms with E-state index in [-0.39, 0.29) is 5.91 Å². The average molecular weight is 311 g/mol. The van der Waals surface area contributed by atoms with Crippen LogP contribution in [0.5, 0.6) is 0 Å². The van der Waals surface area contributed by atoms with Crippen molar-refractivity contribution in [3.63, 3.8) is 0 Å². The lowest BCUT2D eigenvalue weighted by molar-refractivity contribution is 0.102. The summed E-state index contributed by atoms with van der Waals surface area (Å²) in [4.78, 5) is 11.9. The molecule has 0 atom stereocenters. The molecular weight excluding hydrogens is 302 g/mol. The Labute approximate surface area is 113 Å². The van der Waals surface area contributed by atoms with Crippen LogP contribution in [0.25, 0.3) is 0 Å². The van der Waals surface area contributed by atoms with Gasteiger partial charge in [-0.05, 0) is 36.4 Å². The zero-order chi connectivity index (χ0) is 12.3. The van der Waals surface area contributed by atoms with Gasteiger partial charge in [0, 0.05) is 10.2 Å². The fourth-order valence-corrected chi connectivity index (χ4v) is 1.86. The molecule has 0 fully saturated rings. The first-order valence-electron chi connectivity index (χ1n) is 4.98. The van der Waals surface area contributed by atoms with E-state index in [2.05, 4.69) is 21.2 Å². The molecule has 0 unspecified atom stereocenters. The summed E-state index contributed by atoms with van der Waals surface area (Å²) in [5.41, 5.74) is 1.20. The van der Waals surface area contributed by atoms with Crippen LogP contribution in [-0.2, 0) is 0 Å². The Morgan fingerprint density at radius 2 is 1.71 bits per heavy atom. The monoisotopic (exact) mass is 309 g/mol. The van der Waals surface area contributed by atoms with Crippen molar-refractivity contribution >= 4 is 39.1 Å². The van der Waals surface area contributed by atoms with Gasteiger partial charge in [0.1, 0.15) is 0 Å². The minimum Gasteiger partial charge on any atom is -0.322 e. The van der Waals surface area contributed by atoms with Gasteiger partial charge in [-0.1, -0.05) is 39.7 Å². The van der Waals surface area contributed by atoms with Crippen molar-refractivity contribution in [1.82, 2.24) is 0 Å². The van der Waals surface area contributed by atoms with E-state index in [9.17, 15) is 4.79 Å². The Hall–Kier alpha value is -1.32. The van der Waals surface area contributed by atoms with E-state index in [1.54, 1.807) is 24.3 Å². The Bertz CT molecular complexity index is 539. The van der Waals surface area contributed by atoms with E-state index < -0.39 is 0 Å². The highest BCUT2D eigenvalue weighted by molar-refractivity contribution is 9.10. The third-order valence-electron chi connectivity index (χ3n) is 2.22. The van der Waals surface area contributed by atoms with Crippen LogP contribution in [0.3, 0.4) is 0 Å². The van der Waals surface area contributed by atoms with Gasteiger partial charge in [-0.2, -0.15) is 0 Å². The fraction of sp³-hybridized carbons (Fsp3) is 0. The highest BCUT2D eigenvalue weighted by Crippen LogP contribution is 2.18. The largest absolute Gasteiger partial charge is 0.322 e. The summed E-state index contributed by atoms with van der Waals surface area (Å²) in [6.07, 6.45) is 0. The first-order chi connectivity index (χ1) is 8.16. The summed E-state index contributed by atoms with van der Waals surface area (Å²) < 4.78 is 0.966. The summed E-state index contributed by atoms with van der Waals surface area (Å²) in [5.74, 6) is -0.210. The highest BCUT2D eigenvalue weighted by Gasteiger charge is 2.09.